The third-order valence-corrected chi connectivity index (χ3v) is 7.19. The second-order valence-electron chi connectivity index (χ2n) is 7.23. The lowest BCUT2D eigenvalue weighted by atomic mass is 10.1. The van der Waals surface area contributed by atoms with Crippen molar-refractivity contribution < 1.29 is 22.9 Å². The summed E-state index contributed by atoms with van der Waals surface area (Å²) < 4.78 is 28.7. The molecule has 0 saturated heterocycles. The zero-order valence-corrected chi connectivity index (χ0v) is 20.6. The molecule has 0 fully saturated rings. The standard InChI is InChI=1S/C20H20N6O6S3/c1-12(17(27)22-19-23-24-20(33)34-19)21-18(28)14(11-13-7-3-2-4-8-13)25-35(31,32)16-10-6-5-9-15(16)26(29)30/h2-10,12,14,25H,11H2,1H3,(H,21,28)(H,24,33)(H,22,23,27)/t12-,14-/m0/s1. The number of aromatic nitrogens is 2. The second kappa shape index (κ2) is 11.3. The van der Waals surface area contributed by atoms with Gasteiger partial charge in [0.15, 0.2) is 8.85 Å². The molecule has 1 heterocycles. The maximum Gasteiger partial charge on any atom is 0.289 e. The summed E-state index contributed by atoms with van der Waals surface area (Å²) in [5, 5.41) is 22.8. The molecule has 12 nitrogen and oxygen atoms in total. The van der Waals surface area contributed by atoms with Crippen LogP contribution in [0.3, 0.4) is 0 Å². The number of benzene rings is 2. The number of hydrogen-bond acceptors (Lipinski definition) is 9. The van der Waals surface area contributed by atoms with Crippen LogP contribution in [-0.4, -0.2) is 47.4 Å². The van der Waals surface area contributed by atoms with E-state index in [4.69, 9.17) is 12.2 Å². The van der Waals surface area contributed by atoms with Gasteiger partial charge in [-0.05, 0) is 37.2 Å². The number of nitrogens with zero attached hydrogens (tertiary/aromatic N) is 2. The van der Waals surface area contributed by atoms with Crippen molar-refractivity contribution in [3.63, 3.8) is 0 Å². The van der Waals surface area contributed by atoms with Crippen molar-refractivity contribution >= 4 is 56.2 Å². The van der Waals surface area contributed by atoms with E-state index in [1.165, 1.54) is 19.1 Å². The first-order valence-electron chi connectivity index (χ1n) is 10.0. The van der Waals surface area contributed by atoms with Gasteiger partial charge in [-0.2, -0.15) is 4.72 Å². The number of anilines is 1. The van der Waals surface area contributed by atoms with Crippen molar-refractivity contribution in [2.24, 2.45) is 0 Å². The highest BCUT2D eigenvalue weighted by atomic mass is 32.2. The monoisotopic (exact) mass is 536 g/mol. The largest absolute Gasteiger partial charge is 0.343 e. The number of sulfonamides is 1. The smallest absolute Gasteiger partial charge is 0.289 e. The highest BCUT2D eigenvalue weighted by molar-refractivity contribution is 7.89. The third-order valence-electron chi connectivity index (χ3n) is 4.67. The van der Waals surface area contributed by atoms with Gasteiger partial charge in [-0.15, -0.1) is 5.10 Å². The zero-order chi connectivity index (χ0) is 25.6. The number of amides is 2. The summed E-state index contributed by atoms with van der Waals surface area (Å²) in [4.78, 5) is 35.4. The van der Waals surface area contributed by atoms with Crippen LogP contribution >= 0.6 is 23.6 Å². The van der Waals surface area contributed by atoms with Gasteiger partial charge in [0.05, 0.1) is 4.92 Å². The predicted molar refractivity (Wildman–Crippen MR) is 131 cm³/mol. The molecule has 0 aliphatic rings. The Hall–Kier alpha value is -3.53. The van der Waals surface area contributed by atoms with Crippen LogP contribution in [0.15, 0.2) is 59.5 Å². The first-order valence-corrected chi connectivity index (χ1v) is 12.7. The van der Waals surface area contributed by atoms with Crippen molar-refractivity contribution in [2.75, 3.05) is 5.32 Å². The number of H-pyrrole nitrogens is 1. The predicted octanol–water partition coefficient (Wildman–Crippen LogP) is 2.14. The van der Waals surface area contributed by atoms with Gasteiger partial charge < -0.3 is 5.32 Å². The molecule has 4 N–H and O–H groups in total. The minimum absolute atomic E-state index is 0.0678. The number of nitrogens with one attached hydrogen (secondary N) is 4. The van der Waals surface area contributed by atoms with Gasteiger partial charge in [0.1, 0.15) is 12.1 Å². The minimum atomic E-state index is -4.48. The highest BCUT2D eigenvalue weighted by Crippen LogP contribution is 2.23. The molecule has 0 radical (unpaired) electrons. The van der Waals surface area contributed by atoms with Gasteiger partial charge >= 0.3 is 0 Å². The van der Waals surface area contributed by atoms with Crippen molar-refractivity contribution in [1.29, 1.82) is 0 Å². The van der Waals surface area contributed by atoms with Crippen LogP contribution in [0.25, 0.3) is 0 Å². The van der Waals surface area contributed by atoms with E-state index in [9.17, 15) is 28.1 Å². The second-order valence-corrected chi connectivity index (χ2v) is 10.6. The molecule has 0 saturated carbocycles. The average Bonchev–Trinajstić information content (AvgIpc) is 3.23. The maximum absolute atomic E-state index is 13.1. The molecule has 2 atom stereocenters. The lowest BCUT2D eigenvalue weighted by Crippen LogP contribution is -2.52. The van der Waals surface area contributed by atoms with Crippen molar-refractivity contribution in [2.45, 2.75) is 30.3 Å². The van der Waals surface area contributed by atoms with E-state index in [0.717, 1.165) is 23.5 Å². The number of carbonyl (C=O) groups excluding carboxylic acids is 2. The number of nitro groups is 1. The lowest BCUT2D eigenvalue weighted by molar-refractivity contribution is -0.387. The van der Waals surface area contributed by atoms with Crippen molar-refractivity contribution in [3.05, 3.63) is 74.2 Å². The van der Waals surface area contributed by atoms with E-state index in [2.05, 4.69) is 25.6 Å². The molecule has 184 valence electrons. The van der Waals surface area contributed by atoms with E-state index in [1.807, 2.05) is 0 Å². The molecule has 3 rings (SSSR count). The summed E-state index contributed by atoms with van der Waals surface area (Å²) in [5.41, 5.74) is -0.000656. The van der Waals surface area contributed by atoms with Crippen LogP contribution in [0.1, 0.15) is 12.5 Å². The summed E-state index contributed by atoms with van der Waals surface area (Å²) in [5.74, 6) is -1.40. The summed E-state index contributed by atoms with van der Waals surface area (Å²) in [6.45, 7) is 1.41. The van der Waals surface area contributed by atoms with Crippen LogP contribution in [0.5, 0.6) is 0 Å². The molecule has 35 heavy (non-hydrogen) atoms. The van der Waals surface area contributed by atoms with Crippen LogP contribution < -0.4 is 15.4 Å². The topological polar surface area (TPSA) is 176 Å². The number of para-hydroxylation sites is 1. The molecule has 0 aliphatic heterocycles. The Bertz CT molecular complexity index is 1390. The molecule has 0 spiro atoms. The Morgan fingerprint density at radius 3 is 2.43 bits per heavy atom. The zero-order valence-electron chi connectivity index (χ0n) is 18.1. The fourth-order valence-electron chi connectivity index (χ4n) is 3.00. The Morgan fingerprint density at radius 2 is 1.80 bits per heavy atom. The average molecular weight is 537 g/mol. The Kier molecular flexibility index (Phi) is 8.39. The lowest BCUT2D eigenvalue weighted by Gasteiger charge is -2.21. The summed E-state index contributed by atoms with van der Waals surface area (Å²) in [6.07, 6.45) is -0.0678. The molecule has 1 aromatic heterocycles. The third kappa shape index (κ3) is 6.98. The van der Waals surface area contributed by atoms with Gasteiger partial charge in [-0.25, -0.2) is 8.42 Å². The number of aromatic amines is 1. The first-order chi connectivity index (χ1) is 16.6. The first kappa shape index (κ1) is 26.1. The van der Waals surface area contributed by atoms with Gasteiger partial charge in [0.25, 0.3) is 5.69 Å². The van der Waals surface area contributed by atoms with E-state index >= 15 is 0 Å². The summed E-state index contributed by atoms with van der Waals surface area (Å²) >= 11 is 5.93. The van der Waals surface area contributed by atoms with Crippen molar-refractivity contribution in [1.82, 2.24) is 20.2 Å². The van der Waals surface area contributed by atoms with Gasteiger partial charge in [-0.3, -0.25) is 30.1 Å². The molecule has 0 aliphatic carbocycles. The minimum Gasteiger partial charge on any atom is -0.343 e. The SMILES string of the molecule is C[C@H](NC(=O)[C@H](Cc1ccccc1)NS(=O)(=O)c1ccccc1[N+](=O)[O-])C(=O)Nc1n[nH]c(=S)s1. The number of rotatable bonds is 10. The normalized spacial score (nSPS) is 12.9. The number of carbonyl (C=O) groups is 2. The van der Waals surface area contributed by atoms with Crippen LogP contribution in [0, 0.1) is 14.1 Å². The van der Waals surface area contributed by atoms with E-state index < -0.39 is 49.4 Å². The van der Waals surface area contributed by atoms with Crippen LogP contribution in [-0.2, 0) is 26.0 Å². The maximum atomic E-state index is 13.1. The summed E-state index contributed by atoms with van der Waals surface area (Å²) in [6, 6.07) is 11.0. The van der Waals surface area contributed by atoms with Crippen molar-refractivity contribution in [3.8, 4) is 0 Å². The van der Waals surface area contributed by atoms with Gasteiger partial charge in [0.2, 0.25) is 27.0 Å². The van der Waals surface area contributed by atoms with E-state index in [0.29, 0.717) is 9.52 Å². The van der Waals surface area contributed by atoms with Crippen LogP contribution in [0.2, 0.25) is 0 Å². The van der Waals surface area contributed by atoms with Gasteiger partial charge in [0, 0.05) is 6.07 Å². The van der Waals surface area contributed by atoms with Gasteiger partial charge in [-0.1, -0.05) is 53.8 Å². The summed E-state index contributed by atoms with van der Waals surface area (Å²) in [7, 11) is -4.48. The Balaban J connectivity index is 1.82. The quantitative estimate of drug-likeness (QED) is 0.173. The Morgan fingerprint density at radius 1 is 1.14 bits per heavy atom. The fourth-order valence-corrected chi connectivity index (χ4v) is 5.16. The molecule has 2 amide bonds. The molecular formula is C20H20N6O6S3. The fraction of sp³-hybridized carbons (Fsp3) is 0.200. The van der Waals surface area contributed by atoms with E-state index in [1.54, 1.807) is 30.3 Å². The van der Waals surface area contributed by atoms with Crippen LogP contribution in [0.4, 0.5) is 10.8 Å². The Labute approximate surface area is 209 Å². The van der Waals surface area contributed by atoms with E-state index in [-0.39, 0.29) is 11.6 Å². The molecular weight excluding hydrogens is 516 g/mol. The number of nitro benzene ring substituents is 1. The molecule has 3 aromatic rings. The number of hydrogen-bond donors (Lipinski definition) is 4. The molecule has 15 heteroatoms. The molecule has 2 aromatic carbocycles. The molecule has 0 unspecified atom stereocenters. The highest BCUT2D eigenvalue weighted by Gasteiger charge is 2.32. The molecule has 0 bridgehead atoms.